The highest BCUT2D eigenvalue weighted by atomic mass is 14.7. The zero-order chi connectivity index (χ0) is 16.6. The average molecular weight is 319 g/mol. The summed E-state index contributed by atoms with van der Waals surface area (Å²) in [6.45, 7) is 0. The van der Waals surface area contributed by atoms with Gasteiger partial charge in [0.15, 0.2) is 0 Å². The molecule has 1 aromatic heterocycles. The van der Waals surface area contributed by atoms with Crippen molar-refractivity contribution >= 4 is 21.7 Å². The summed E-state index contributed by atoms with van der Waals surface area (Å²) < 4.78 is 0. The number of fused-ring (bicyclic) bond motifs is 2. The minimum atomic E-state index is 1.17. The molecule has 5 aromatic rings. The lowest BCUT2D eigenvalue weighted by molar-refractivity contribution is 1.45. The number of hydrogen-bond donors (Lipinski definition) is 1. The average Bonchev–Trinajstić information content (AvgIpc) is 3.08. The van der Waals surface area contributed by atoms with E-state index in [2.05, 4.69) is 102 Å². The molecule has 0 amide bonds. The van der Waals surface area contributed by atoms with Crippen LogP contribution in [-0.4, -0.2) is 4.98 Å². The van der Waals surface area contributed by atoms with E-state index in [1.807, 2.05) is 0 Å². The van der Waals surface area contributed by atoms with E-state index in [1.165, 1.54) is 44.1 Å². The number of para-hydroxylation sites is 1. The van der Waals surface area contributed by atoms with Crippen molar-refractivity contribution in [2.75, 3.05) is 0 Å². The van der Waals surface area contributed by atoms with Gasteiger partial charge in [0.05, 0.1) is 5.69 Å². The van der Waals surface area contributed by atoms with Gasteiger partial charge in [0, 0.05) is 16.5 Å². The zero-order valence-electron chi connectivity index (χ0n) is 13.7. The molecule has 1 N–H and O–H groups in total. The summed E-state index contributed by atoms with van der Waals surface area (Å²) in [5.41, 5.74) is 6.11. The van der Waals surface area contributed by atoms with Crippen LogP contribution in [0.25, 0.3) is 44.1 Å². The molecule has 0 atom stereocenters. The van der Waals surface area contributed by atoms with Crippen LogP contribution in [0.1, 0.15) is 0 Å². The van der Waals surface area contributed by atoms with Crippen LogP contribution in [-0.2, 0) is 0 Å². The van der Waals surface area contributed by atoms with E-state index in [0.717, 1.165) is 0 Å². The van der Waals surface area contributed by atoms with Crippen molar-refractivity contribution in [3.63, 3.8) is 0 Å². The Balaban J connectivity index is 1.92. The quantitative estimate of drug-likeness (QED) is 0.374. The van der Waals surface area contributed by atoms with Crippen molar-refractivity contribution in [3.8, 4) is 22.4 Å². The molecule has 1 nitrogen and oxygen atoms in total. The second-order valence-corrected chi connectivity index (χ2v) is 6.31. The summed E-state index contributed by atoms with van der Waals surface area (Å²) in [5.74, 6) is 0. The van der Waals surface area contributed by atoms with Crippen LogP contribution in [0, 0.1) is 0 Å². The van der Waals surface area contributed by atoms with E-state index >= 15 is 0 Å². The van der Waals surface area contributed by atoms with E-state index in [9.17, 15) is 0 Å². The first kappa shape index (κ1) is 14.1. The first-order valence-electron chi connectivity index (χ1n) is 8.56. The Kier molecular flexibility index (Phi) is 3.17. The number of benzene rings is 4. The molecule has 1 heteroatoms. The lowest BCUT2D eigenvalue weighted by Gasteiger charge is -2.09. The van der Waals surface area contributed by atoms with Crippen LogP contribution < -0.4 is 0 Å². The molecule has 0 spiro atoms. The predicted molar refractivity (Wildman–Crippen MR) is 107 cm³/mol. The van der Waals surface area contributed by atoms with Crippen LogP contribution in [0.2, 0.25) is 0 Å². The Morgan fingerprint density at radius 1 is 0.520 bits per heavy atom. The maximum atomic E-state index is 3.64. The lowest BCUT2D eigenvalue weighted by Crippen LogP contribution is -1.84. The minimum absolute atomic E-state index is 1.17. The molecule has 0 aliphatic rings. The Morgan fingerprint density at radius 3 is 2.08 bits per heavy atom. The summed E-state index contributed by atoms with van der Waals surface area (Å²) >= 11 is 0. The van der Waals surface area contributed by atoms with Crippen LogP contribution in [0.4, 0.5) is 0 Å². The molecule has 0 unspecified atom stereocenters. The molecule has 5 rings (SSSR count). The molecule has 1 heterocycles. The largest absolute Gasteiger partial charge is 0.354 e. The fourth-order valence-corrected chi connectivity index (χ4v) is 3.69. The van der Waals surface area contributed by atoms with E-state index in [4.69, 9.17) is 0 Å². The first-order chi connectivity index (χ1) is 12.4. The third-order valence-electron chi connectivity index (χ3n) is 4.83. The van der Waals surface area contributed by atoms with Gasteiger partial charge in [-0.05, 0) is 28.0 Å². The number of hydrogen-bond acceptors (Lipinski definition) is 0. The Hall–Kier alpha value is -3.32. The van der Waals surface area contributed by atoms with E-state index in [0.29, 0.717) is 0 Å². The summed E-state index contributed by atoms with van der Waals surface area (Å²) in [7, 11) is 0. The number of H-pyrrole nitrogens is 1. The Morgan fingerprint density at radius 2 is 1.20 bits per heavy atom. The molecule has 4 aromatic carbocycles. The van der Waals surface area contributed by atoms with Crippen molar-refractivity contribution in [2.24, 2.45) is 0 Å². The van der Waals surface area contributed by atoms with Crippen LogP contribution >= 0.6 is 0 Å². The van der Waals surface area contributed by atoms with Crippen LogP contribution in [0.5, 0.6) is 0 Å². The minimum Gasteiger partial charge on any atom is -0.354 e. The van der Waals surface area contributed by atoms with Gasteiger partial charge in [0.2, 0.25) is 0 Å². The summed E-state index contributed by atoms with van der Waals surface area (Å²) in [6.07, 6.45) is 0. The molecule has 0 fully saturated rings. The van der Waals surface area contributed by atoms with Gasteiger partial charge in [-0.15, -0.1) is 0 Å². The van der Waals surface area contributed by atoms with Crippen molar-refractivity contribution in [1.82, 2.24) is 4.98 Å². The molecule has 0 radical (unpaired) electrons. The van der Waals surface area contributed by atoms with Crippen LogP contribution in [0.15, 0.2) is 97.1 Å². The van der Waals surface area contributed by atoms with Crippen molar-refractivity contribution in [1.29, 1.82) is 0 Å². The molecule has 0 bridgehead atoms. The monoisotopic (exact) mass is 319 g/mol. The molecule has 0 aliphatic heterocycles. The van der Waals surface area contributed by atoms with Gasteiger partial charge >= 0.3 is 0 Å². The van der Waals surface area contributed by atoms with E-state index in [1.54, 1.807) is 0 Å². The molecular weight excluding hydrogens is 302 g/mol. The predicted octanol–water partition coefficient (Wildman–Crippen LogP) is 6.66. The third kappa shape index (κ3) is 2.25. The van der Waals surface area contributed by atoms with Crippen LogP contribution in [0.3, 0.4) is 0 Å². The van der Waals surface area contributed by atoms with Crippen molar-refractivity contribution in [3.05, 3.63) is 97.1 Å². The molecule has 0 aliphatic carbocycles. The molecule has 0 saturated carbocycles. The fraction of sp³-hybridized carbons (Fsp3) is 0. The van der Waals surface area contributed by atoms with Crippen molar-refractivity contribution < 1.29 is 0 Å². The normalized spacial score (nSPS) is 11.2. The first-order valence-corrected chi connectivity index (χ1v) is 8.56. The van der Waals surface area contributed by atoms with E-state index in [-0.39, 0.29) is 0 Å². The van der Waals surface area contributed by atoms with Crippen molar-refractivity contribution in [2.45, 2.75) is 0 Å². The summed E-state index contributed by atoms with van der Waals surface area (Å²) in [4.78, 5) is 3.64. The highest BCUT2D eigenvalue weighted by molar-refractivity contribution is 6.10. The molecule has 118 valence electrons. The molecular formula is C24H17N. The maximum absolute atomic E-state index is 3.64. The SMILES string of the molecule is c1ccc(-c2[nH]c3ccccc3c2-c2cccc3ccccc23)cc1. The maximum Gasteiger partial charge on any atom is 0.0544 e. The summed E-state index contributed by atoms with van der Waals surface area (Å²) in [5, 5.41) is 3.81. The number of aromatic nitrogens is 1. The Labute approximate surface area is 146 Å². The second-order valence-electron chi connectivity index (χ2n) is 6.31. The van der Waals surface area contributed by atoms with E-state index < -0.39 is 0 Å². The van der Waals surface area contributed by atoms with Gasteiger partial charge in [-0.2, -0.15) is 0 Å². The van der Waals surface area contributed by atoms with Gasteiger partial charge in [-0.3, -0.25) is 0 Å². The van der Waals surface area contributed by atoms with Gasteiger partial charge in [-0.25, -0.2) is 0 Å². The number of aromatic amines is 1. The van der Waals surface area contributed by atoms with Gasteiger partial charge in [-0.1, -0.05) is 91.0 Å². The number of rotatable bonds is 2. The number of nitrogens with one attached hydrogen (secondary N) is 1. The lowest BCUT2D eigenvalue weighted by atomic mass is 9.94. The highest BCUT2D eigenvalue weighted by Gasteiger charge is 2.16. The standard InChI is InChI=1S/C24H17N/c1-2-10-18(11-3-1)24-23(21-14-6-7-16-22(21)25-24)20-15-8-12-17-9-4-5-13-19(17)20/h1-16,25H. The van der Waals surface area contributed by atoms with Gasteiger partial charge < -0.3 is 4.98 Å². The van der Waals surface area contributed by atoms with Gasteiger partial charge in [0.1, 0.15) is 0 Å². The zero-order valence-corrected chi connectivity index (χ0v) is 13.7. The molecule has 0 saturated heterocycles. The third-order valence-corrected chi connectivity index (χ3v) is 4.83. The van der Waals surface area contributed by atoms with Gasteiger partial charge in [0.25, 0.3) is 0 Å². The summed E-state index contributed by atoms with van der Waals surface area (Å²) in [6, 6.07) is 34.3. The fourth-order valence-electron chi connectivity index (χ4n) is 3.69. The smallest absolute Gasteiger partial charge is 0.0544 e. The second kappa shape index (κ2) is 5.64. The topological polar surface area (TPSA) is 15.8 Å². The molecule has 25 heavy (non-hydrogen) atoms. The Bertz CT molecular complexity index is 1180. The highest BCUT2D eigenvalue weighted by Crippen LogP contribution is 2.40.